The SMILES string of the molecule is O=S(c1ccccc1)n1ccc2cc(O)cnc21. The molecule has 0 spiro atoms. The first kappa shape index (κ1) is 11.0. The van der Waals surface area contributed by atoms with Gasteiger partial charge in [-0.1, -0.05) is 18.2 Å². The molecule has 5 heteroatoms. The molecule has 1 N–H and O–H groups in total. The van der Waals surface area contributed by atoms with Crippen molar-refractivity contribution < 1.29 is 9.32 Å². The predicted molar refractivity (Wildman–Crippen MR) is 69.6 cm³/mol. The van der Waals surface area contributed by atoms with E-state index in [0.717, 1.165) is 5.39 Å². The van der Waals surface area contributed by atoms with Gasteiger partial charge in [-0.15, -0.1) is 0 Å². The van der Waals surface area contributed by atoms with Gasteiger partial charge < -0.3 is 5.11 Å². The van der Waals surface area contributed by atoms with Gasteiger partial charge in [-0.25, -0.2) is 13.2 Å². The first-order valence-corrected chi connectivity index (χ1v) is 6.50. The van der Waals surface area contributed by atoms with E-state index >= 15 is 0 Å². The number of benzene rings is 1. The van der Waals surface area contributed by atoms with Crippen molar-refractivity contribution in [2.75, 3.05) is 0 Å². The normalized spacial score (nSPS) is 12.7. The summed E-state index contributed by atoms with van der Waals surface area (Å²) in [7, 11) is -1.32. The van der Waals surface area contributed by atoms with Gasteiger partial charge in [-0.2, -0.15) is 0 Å². The molecular weight excluding hydrogens is 248 g/mol. The van der Waals surface area contributed by atoms with Crippen LogP contribution in [0.2, 0.25) is 0 Å². The van der Waals surface area contributed by atoms with Crippen molar-refractivity contribution in [3.05, 3.63) is 54.9 Å². The molecule has 0 saturated heterocycles. The Kier molecular flexibility index (Phi) is 2.60. The number of pyridine rings is 1. The number of aromatic hydroxyl groups is 1. The van der Waals surface area contributed by atoms with Crippen LogP contribution in [-0.4, -0.2) is 18.3 Å². The third-order valence-electron chi connectivity index (χ3n) is 2.60. The van der Waals surface area contributed by atoms with Gasteiger partial charge in [-0.05, 0) is 24.3 Å². The highest BCUT2D eigenvalue weighted by molar-refractivity contribution is 7.83. The molecule has 0 fully saturated rings. The van der Waals surface area contributed by atoms with Crippen molar-refractivity contribution in [3.8, 4) is 5.75 Å². The lowest BCUT2D eigenvalue weighted by Gasteiger charge is -2.04. The Hall–Kier alpha value is -2.14. The van der Waals surface area contributed by atoms with Crippen molar-refractivity contribution in [2.45, 2.75) is 4.90 Å². The average Bonchev–Trinajstić information content (AvgIpc) is 2.81. The molecule has 0 aliphatic rings. The molecule has 2 aromatic heterocycles. The van der Waals surface area contributed by atoms with Crippen LogP contribution in [0.3, 0.4) is 0 Å². The minimum absolute atomic E-state index is 0.103. The number of hydrogen-bond acceptors (Lipinski definition) is 3. The maximum absolute atomic E-state index is 12.4. The summed E-state index contributed by atoms with van der Waals surface area (Å²) in [6, 6.07) is 12.6. The minimum atomic E-state index is -1.32. The lowest BCUT2D eigenvalue weighted by Crippen LogP contribution is -2.03. The number of fused-ring (bicyclic) bond motifs is 1. The van der Waals surface area contributed by atoms with E-state index in [4.69, 9.17) is 0 Å². The van der Waals surface area contributed by atoms with E-state index in [-0.39, 0.29) is 5.75 Å². The largest absolute Gasteiger partial charge is 0.506 e. The zero-order valence-electron chi connectivity index (χ0n) is 9.35. The zero-order valence-corrected chi connectivity index (χ0v) is 10.2. The molecule has 18 heavy (non-hydrogen) atoms. The van der Waals surface area contributed by atoms with E-state index in [1.54, 1.807) is 22.3 Å². The number of aromatic nitrogens is 2. The van der Waals surface area contributed by atoms with Crippen LogP contribution < -0.4 is 0 Å². The number of hydrogen-bond donors (Lipinski definition) is 1. The van der Waals surface area contributed by atoms with Crippen LogP contribution in [0, 0.1) is 0 Å². The summed E-state index contributed by atoms with van der Waals surface area (Å²) >= 11 is 0. The third kappa shape index (κ3) is 1.78. The van der Waals surface area contributed by atoms with E-state index in [2.05, 4.69) is 4.98 Å². The predicted octanol–water partition coefficient (Wildman–Crippen LogP) is 2.31. The van der Waals surface area contributed by atoms with Crippen LogP contribution >= 0.6 is 0 Å². The highest BCUT2D eigenvalue weighted by Crippen LogP contribution is 2.20. The van der Waals surface area contributed by atoms with Gasteiger partial charge >= 0.3 is 0 Å². The summed E-state index contributed by atoms with van der Waals surface area (Å²) in [5.74, 6) is 0.103. The highest BCUT2D eigenvalue weighted by atomic mass is 32.2. The van der Waals surface area contributed by atoms with Gasteiger partial charge in [0, 0.05) is 11.6 Å². The van der Waals surface area contributed by atoms with Crippen molar-refractivity contribution in [2.24, 2.45) is 0 Å². The maximum Gasteiger partial charge on any atom is 0.158 e. The third-order valence-corrected chi connectivity index (χ3v) is 3.93. The topological polar surface area (TPSA) is 55.1 Å². The standard InChI is InChI=1S/C13H10N2O2S/c16-11-8-10-6-7-15(13(10)14-9-11)18(17)12-4-2-1-3-5-12/h1-9,16H. The van der Waals surface area contributed by atoms with Crippen LogP contribution in [0.4, 0.5) is 0 Å². The second-order valence-electron chi connectivity index (χ2n) is 3.81. The van der Waals surface area contributed by atoms with E-state index in [1.807, 2.05) is 30.3 Å². The van der Waals surface area contributed by atoms with Crippen molar-refractivity contribution in [1.82, 2.24) is 8.96 Å². The van der Waals surface area contributed by atoms with Gasteiger partial charge in [0.15, 0.2) is 16.6 Å². The number of nitrogens with zero attached hydrogens (tertiary/aromatic N) is 2. The summed E-state index contributed by atoms with van der Waals surface area (Å²) < 4.78 is 14.0. The molecule has 0 radical (unpaired) electrons. The van der Waals surface area contributed by atoms with Gasteiger partial charge in [0.2, 0.25) is 0 Å². The molecule has 3 aromatic rings. The summed E-state index contributed by atoms with van der Waals surface area (Å²) in [6.45, 7) is 0. The van der Waals surface area contributed by atoms with E-state index in [1.165, 1.54) is 6.20 Å². The second kappa shape index (κ2) is 4.27. The Morgan fingerprint density at radius 2 is 1.94 bits per heavy atom. The van der Waals surface area contributed by atoms with Crippen LogP contribution in [0.15, 0.2) is 59.8 Å². The van der Waals surface area contributed by atoms with E-state index in [9.17, 15) is 9.32 Å². The Labute approximate surface area is 106 Å². The maximum atomic E-state index is 12.4. The molecule has 0 aliphatic carbocycles. The lowest BCUT2D eigenvalue weighted by molar-refractivity contribution is 0.474. The van der Waals surface area contributed by atoms with Crippen LogP contribution in [0.25, 0.3) is 11.0 Å². The summed E-state index contributed by atoms with van der Waals surface area (Å²) in [5.41, 5.74) is 0.593. The Morgan fingerprint density at radius 1 is 1.17 bits per heavy atom. The molecule has 4 nitrogen and oxygen atoms in total. The Bertz CT molecular complexity index is 722. The highest BCUT2D eigenvalue weighted by Gasteiger charge is 2.10. The second-order valence-corrected chi connectivity index (χ2v) is 5.17. The molecule has 90 valence electrons. The van der Waals surface area contributed by atoms with Gasteiger partial charge in [0.25, 0.3) is 0 Å². The first-order chi connectivity index (χ1) is 8.75. The van der Waals surface area contributed by atoms with Crippen molar-refractivity contribution in [1.29, 1.82) is 0 Å². The van der Waals surface area contributed by atoms with Crippen LogP contribution in [-0.2, 0) is 11.0 Å². The molecular formula is C13H10N2O2S. The minimum Gasteiger partial charge on any atom is -0.506 e. The molecule has 2 heterocycles. The summed E-state index contributed by atoms with van der Waals surface area (Å²) in [5, 5.41) is 10.1. The van der Waals surface area contributed by atoms with Crippen molar-refractivity contribution >= 4 is 22.0 Å². The molecule has 0 bridgehead atoms. The fourth-order valence-electron chi connectivity index (χ4n) is 1.77. The molecule has 0 saturated carbocycles. The molecule has 0 aliphatic heterocycles. The Balaban J connectivity index is 2.13. The lowest BCUT2D eigenvalue weighted by atomic mass is 10.3. The molecule has 0 amide bonds. The fourth-order valence-corrected chi connectivity index (χ4v) is 2.87. The first-order valence-electron chi connectivity index (χ1n) is 5.39. The van der Waals surface area contributed by atoms with Crippen LogP contribution in [0.1, 0.15) is 0 Å². The van der Waals surface area contributed by atoms with Crippen LogP contribution in [0.5, 0.6) is 5.75 Å². The summed E-state index contributed by atoms with van der Waals surface area (Å²) in [6.07, 6.45) is 3.06. The smallest absolute Gasteiger partial charge is 0.158 e. The monoisotopic (exact) mass is 258 g/mol. The molecule has 1 aromatic carbocycles. The fraction of sp³-hybridized carbons (Fsp3) is 0. The molecule has 1 atom stereocenters. The number of rotatable bonds is 2. The molecule has 3 rings (SSSR count). The van der Waals surface area contributed by atoms with E-state index < -0.39 is 11.0 Å². The quantitative estimate of drug-likeness (QED) is 0.767. The van der Waals surface area contributed by atoms with Gasteiger partial charge in [0.1, 0.15) is 5.75 Å². The summed E-state index contributed by atoms with van der Waals surface area (Å²) in [4.78, 5) is 4.82. The van der Waals surface area contributed by atoms with E-state index in [0.29, 0.717) is 10.5 Å². The van der Waals surface area contributed by atoms with Gasteiger partial charge in [0.05, 0.1) is 11.1 Å². The van der Waals surface area contributed by atoms with Gasteiger partial charge in [-0.3, -0.25) is 0 Å². The van der Waals surface area contributed by atoms with Crippen molar-refractivity contribution in [3.63, 3.8) is 0 Å². The Morgan fingerprint density at radius 3 is 2.72 bits per heavy atom. The molecule has 1 unspecified atom stereocenters. The average molecular weight is 258 g/mol. The zero-order chi connectivity index (χ0) is 12.5.